The average molecular weight is 215 g/mol. The van der Waals surface area contributed by atoms with Gasteiger partial charge in [-0.3, -0.25) is 4.79 Å². The molecule has 1 atom stereocenters. The van der Waals surface area contributed by atoms with Crippen LogP contribution in [0.1, 0.15) is 19.3 Å². The molecule has 0 fully saturated rings. The number of hydrogen-bond acceptors (Lipinski definition) is 5. The molecular formula is C9H17N3O3. The number of hydrogen-bond donors (Lipinski definition) is 3. The third kappa shape index (κ3) is 6.64. The number of nitrogens with one attached hydrogen (secondary N) is 1. The zero-order chi connectivity index (χ0) is 11.7. The first-order valence-electron chi connectivity index (χ1n) is 4.70. The summed E-state index contributed by atoms with van der Waals surface area (Å²) in [5.74, 6) is -1.22. The second-order valence-corrected chi connectivity index (χ2v) is 2.98. The molecular weight excluding hydrogens is 198 g/mol. The summed E-state index contributed by atoms with van der Waals surface area (Å²) in [7, 11) is 0. The zero-order valence-electron chi connectivity index (χ0n) is 8.57. The Kier molecular flexibility index (Phi) is 7.21. The Hall–Kier alpha value is -1.40. The standard InChI is InChI=1S/C9H17N3O3/c1-2-8(13)15-12-7(9(11)14)5-3-4-6-10/h2,7,12H,1,3-6,10H2,(H2,11,14)/t7-/m0/s1. The minimum atomic E-state index is -0.680. The molecule has 1 amide bonds. The van der Waals surface area contributed by atoms with Gasteiger partial charge in [0.05, 0.1) is 0 Å². The van der Waals surface area contributed by atoms with Gasteiger partial charge in [-0.05, 0) is 25.8 Å². The largest absolute Gasteiger partial charge is 0.368 e. The number of amides is 1. The normalized spacial score (nSPS) is 11.8. The van der Waals surface area contributed by atoms with Crippen LogP contribution in [0.5, 0.6) is 0 Å². The van der Waals surface area contributed by atoms with Crippen LogP contribution < -0.4 is 16.9 Å². The van der Waals surface area contributed by atoms with E-state index < -0.39 is 17.9 Å². The fourth-order valence-electron chi connectivity index (χ4n) is 0.923. The van der Waals surface area contributed by atoms with Crippen LogP contribution in [-0.4, -0.2) is 24.5 Å². The molecule has 0 bridgehead atoms. The van der Waals surface area contributed by atoms with Gasteiger partial charge in [0.15, 0.2) is 0 Å². The Bertz CT molecular complexity index is 231. The molecule has 6 nitrogen and oxygen atoms in total. The van der Waals surface area contributed by atoms with Crippen LogP contribution in [0.4, 0.5) is 0 Å². The first-order valence-corrected chi connectivity index (χ1v) is 4.70. The first-order chi connectivity index (χ1) is 7.11. The predicted molar refractivity (Wildman–Crippen MR) is 55.3 cm³/mol. The van der Waals surface area contributed by atoms with Crippen LogP contribution in [0.25, 0.3) is 0 Å². The van der Waals surface area contributed by atoms with Crippen molar-refractivity contribution in [1.82, 2.24) is 5.48 Å². The third-order valence-electron chi connectivity index (χ3n) is 1.76. The number of nitrogens with two attached hydrogens (primary N) is 2. The number of unbranched alkanes of at least 4 members (excludes halogenated alkanes) is 1. The summed E-state index contributed by atoms with van der Waals surface area (Å²) in [5.41, 5.74) is 12.7. The zero-order valence-corrected chi connectivity index (χ0v) is 8.57. The molecule has 0 spiro atoms. The van der Waals surface area contributed by atoms with E-state index in [0.29, 0.717) is 13.0 Å². The topological polar surface area (TPSA) is 107 Å². The molecule has 0 heterocycles. The molecule has 15 heavy (non-hydrogen) atoms. The number of primary amides is 1. The summed E-state index contributed by atoms with van der Waals surface area (Å²) >= 11 is 0. The quantitative estimate of drug-likeness (QED) is 0.279. The van der Waals surface area contributed by atoms with E-state index in [1.165, 1.54) is 0 Å². The third-order valence-corrected chi connectivity index (χ3v) is 1.76. The van der Waals surface area contributed by atoms with Gasteiger partial charge < -0.3 is 16.3 Å². The van der Waals surface area contributed by atoms with Crippen molar-refractivity contribution < 1.29 is 14.4 Å². The fraction of sp³-hybridized carbons (Fsp3) is 0.556. The van der Waals surface area contributed by atoms with E-state index in [4.69, 9.17) is 11.5 Å². The number of hydroxylamine groups is 1. The van der Waals surface area contributed by atoms with Gasteiger partial charge in [-0.2, -0.15) is 0 Å². The summed E-state index contributed by atoms with van der Waals surface area (Å²) < 4.78 is 0. The molecule has 0 unspecified atom stereocenters. The van der Waals surface area contributed by atoms with E-state index in [1.54, 1.807) is 0 Å². The summed E-state index contributed by atoms with van der Waals surface area (Å²) in [6, 6.07) is -0.680. The van der Waals surface area contributed by atoms with Gasteiger partial charge in [0.25, 0.3) is 0 Å². The smallest absolute Gasteiger partial charge is 0.348 e. The molecule has 0 aliphatic carbocycles. The highest BCUT2D eigenvalue weighted by molar-refractivity contribution is 5.82. The fourth-order valence-corrected chi connectivity index (χ4v) is 0.923. The minimum absolute atomic E-state index is 0.483. The molecule has 5 N–H and O–H groups in total. The second kappa shape index (κ2) is 7.95. The first kappa shape index (κ1) is 13.6. The van der Waals surface area contributed by atoms with Crippen LogP contribution in [0.15, 0.2) is 12.7 Å². The van der Waals surface area contributed by atoms with Gasteiger partial charge in [-0.25, -0.2) is 4.79 Å². The summed E-state index contributed by atoms with van der Waals surface area (Å²) in [5, 5.41) is 0. The highest BCUT2D eigenvalue weighted by atomic mass is 16.7. The number of carbonyl (C=O) groups is 2. The lowest BCUT2D eigenvalue weighted by molar-refractivity contribution is -0.148. The average Bonchev–Trinajstić information content (AvgIpc) is 2.22. The summed E-state index contributed by atoms with van der Waals surface area (Å²) in [6.45, 7) is 3.77. The van der Waals surface area contributed by atoms with Crippen LogP contribution in [-0.2, 0) is 14.4 Å². The Balaban J connectivity index is 3.88. The molecule has 0 saturated carbocycles. The van der Waals surface area contributed by atoms with Crippen LogP contribution in [0.2, 0.25) is 0 Å². The summed E-state index contributed by atoms with van der Waals surface area (Å²) in [4.78, 5) is 26.1. The lowest BCUT2D eigenvalue weighted by atomic mass is 10.1. The minimum Gasteiger partial charge on any atom is -0.368 e. The van der Waals surface area contributed by atoms with Crippen LogP contribution >= 0.6 is 0 Å². The van der Waals surface area contributed by atoms with Gasteiger partial charge in [0.1, 0.15) is 6.04 Å². The van der Waals surface area contributed by atoms with Crippen molar-refractivity contribution in [2.45, 2.75) is 25.3 Å². The number of carbonyl (C=O) groups excluding carboxylic acids is 2. The summed E-state index contributed by atoms with van der Waals surface area (Å²) in [6.07, 6.45) is 3.01. The molecule has 0 rings (SSSR count). The molecule has 0 aromatic carbocycles. The van der Waals surface area contributed by atoms with Crippen molar-refractivity contribution in [3.05, 3.63) is 12.7 Å². The maximum Gasteiger partial charge on any atom is 0.348 e. The van der Waals surface area contributed by atoms with Crippen LogP contribution in [0, 0.1) is 0 Å². The molecule has 0 aliphatic rings. The van der Waals surface area contributed by atoms with Gasteiger partial charge in [0, 0.05) is 6.08 Å². The molecule has 0 radical (unpaired) electrons. The lowest BCUT2D eigenvalue weighted by Crippen LogP contribution is -2.42. The molecule has 0 aliphatic heterocycles. The van der Waals surface area contributed by atoms with Crippen molar-refractivity contribution in [2.75, 3.05) is 6.54 Å². The lowest BCUT2D eigenvalue weighted by Gasteiger charge is -2.13. The van der Waals surface area contributed by atoms with Gasteiger partial charge >= 0.3 is 5.97 Å². The van der Waals surface area contributed by atoms with E-state index in [-0.39, 0.29) is 0 Å². The van der Waals surface area contributed by atoms with E-state index >= 15 is 0 Å². The predicted octanol–water partition coefficient (Wildman–Crippen LogP) is -0.797. The Morgan fingerprint density at radius 1 is 1.47 bits per heavy atom. The molecule has 0 aromatic heterocycles. The van der Waals surface area contributed by atoms with Crippen molar-refractivity contribution in [2.24, 2.45) is 11.5 Å². The van der Waals surface area contributed by atoms with Crippen molar-refractivity contribution in [1.29, 1.82) is 0 Å². The molecule has 6 heteroatoms. The van der Waals surface area contributed by atoms with Crippen LogP contribution in [0.3, 0.4) is 0 Å². The van der Waals surface area contributed by atoms with E-state index in [9.17, 15) is 9.59 Å². The van der Waals surface area contributed by atoms with Crippen molar-refractivity contribution in [3.8, 4) is 0 Å². The Labute approximate surface area is 88.6 Å². The maximum atomic E-state index is 10.9. The van der Waals surface area contributed by atoms with E-state index in [1.807, 2.05) is 0 Å². The highest BCUT2D eigenvalue weighted by Crippen LogP contribution is 1.99. The highest BCUT2D eigenvalue weighted by Gasteiger charge is 2.15. The molecule has 86 valence electrons. The molecule has 0 aromatic rings. The van der Waals surface area contributed by atoms with Crippen molar-refractivity contribution >= 4 is 11.9 Å². The van der Waals surface area contributed by atoms with Gasteiger partial charge in [-0.1, -0.05) is 6.58 Å². The second-order valence-electron chi connectivity index (χ2n) is 2.98. The monoisotopic (exact) mass is 215 g/mol. The SMILES string of the molecule is C=CC(=O)ON[C@@H](CCCCN)C(N)=O. The van der Waals surface area contributed by atoms with E-state index in [0.717, 1.165) is 18.9 Å². The van der Waals surface area contributed by atoms with E-state index in [2.05, 4.69) is 16.9 Å². The van der Waals surface area contributed by atoms with Gasteiger partial charge in [0.2, 0.25) is 5.91 Å². The molecule has 0 saturated heterocycles. The maximum absolute atomic E-state index is 10.9. The van der Waals surface area contributed by atoms with Gasteiger partial charge in [-0.15, -0.1) is 5.48 Å². The number of rotatable bonds is 8. The van der Waals surface area contributed by atoms with Crippen molar-refractivity contribution in [3.63, 3.8) is 0 Å². The Morgan fingerprint density at radius 3 is 2.60 bits per heavy atom. The Morgan fingerprint density at radius 2 is 2.13 bits per heavy atom.